The molecule has 1 N–H and O–H groups in total. The Labute approximate surface area is 167 Å². The van der Waals surface area contributed by atoms with Gasteiger partial charge in [0, 0.05) is 19.1 Å². The van der Waals surface area contributed by atoms with Crippen LogP contribution in [-0.4, -0.2) is 50.3 Å². The molecule has 1 aromatic rings. The number of hydrogen-bond acceptors (Lipinski definition) is 5. The van der Waals surface area contributed by atoms with Crippen LogP contribution in [0, 0.1) is 5.92 Å². The first-order valence-corrected chi connectivity index (χ1v) is 11.2. The topological polar surface area (TPSA) is 92.8 Å². The van der Waals surface area contributed by atoms with E-state index in [9.17, 15) is 18.0 Å². The summed E-state index contributed by atoms with van der Waals surface area (Å²) in [7, 11) is -3.56. The Bertz CT molecular complexity index is 766. The van der Waals surface area contributed by atoms with Crippen LogP contribution in [0.2, 0.25) is 0 Å². The molecule has 0 unspecified atom stereocenters. The zero-order valence-electron chi connectivity index (χ0n) is 16.8. The Morgan fingerprint density at radius 1 is 1.04 bits per heavy atom. The Hall–Kier alpha value is -1.93. The second-order valence-corrected chi connectivity index (χ2v) is 9.46. The van der Waals surface area contributed by atoms with Crippen molar-refractivity contribution in [3.63, 3.8) is 0 Å². The van der Waals surface area contributed by atoms with Gasteiger partial charge in [0.1, 0.15) is 0 Å². The van der Waals surface area contributed by atoms with Gasteiger partial charge in [0.15, 0.2) is 6.61 Å². The molecule has 0 aromatic heterocycles. The molecule has 1 saturated heterocycles. The summed E-state index contributed by atoms with van der Waals surface area (Å²) < 4.78 is 32.0. The maximum atomic E-state index is 12.8. The third kappa shape index (κ3) is 6.04. The molecule has 0 aliphatic carbocycles. The fraction of sp³-hybridized carbons (Fsp3) is 0.600. The maximum Gasteiger partial charge on any atom is 0.338 e. The van der Waals surface area contributed by atoms with Gasteiger partial charge in [0.25, 0.3) is 5.91 Å². The van der Waals surface area contributed by atoms with Gasteiger partial charge < -0.3 is 10.1 Å². The predicted molar refractivity (Wildman–Crippen MR) is 106 cm³/mol. The van der Waals surface area contributed by atoms with Gasteiger partial charge in [-0.25, -0.2) is 13.2 Å². The van der Waals surface area contributed by atoms with Gasteiger partial charge in [0.2, 0.25) is 10.0 Å². The van der Waals surface area contributed by atoms with Crippen LogP contribution in [0.25, 0.3) is 0 Å². The minimum absolute atomic E-state index is 0.0188. The molecule has 0 saturated carbocycles. The van der Waals surface area contributed by atoms with E-state index in [1.54, 1.807) is 0 Å². The Morgan fingerprint density at radius 2 is 1.61 bits per heavy atom. The lowest BCUT2D eigenvalue weighted by Crippen LogP contribution is -2.38. The van der Waals surface area contributed by atoms with E-state index < -0.39 is 16.0 Å². The molecule has 7 nitrogen and oxygen atoms in total. The number of hydrogen-bond donors (Lipinski definition) is 1. The number of amides is 1. The molecule has 1 atom stereocenters. The molecule has 1 aromatic carbocycles. The Kier molecular flexibility index (Phi) is 8.00. The Morgan fingerprint density at radius 3 is 2.14 bits per heavy atom. The first-order valence-electron chi connectivity index (χ1n) is 9.78. The third-order valence-electron chi connectivity index (χ3n) is 5.02. The normalized spacial score (nSPS) is 17.0. The quantitative estimate of drug-likeness (QED) is 0.698. The zero-order valence-corrected chi connectivity index (χ0v) is 17.6. The summed E-state index contributed by atoms with van der Waals surface area (Å²) in [5.74, 6) is -0.751. The predicted octanol–water partition coefficient (Wildman–Crippen LogP) is 2.57. The lowest BCUT2D eigenvalue weighted by Gasteiger charge is -2.20. The van der Waals surface area contributed by atoms with Gasteiger partial charge in [-0.05, 0) is 49.9 Å². The Balaban J connectivity index is 1.95. The van der Waals surface area contributed by atoms with E-state index in [1.807, 2.05) is 20.8 Å². The second kappa shape index (κ2) is 10.0. The number of nitrogens with zero attached hydrogens (tertiary/aromatic N) is 1. The minimum atomic E-state index is -3.56. The van der Waals surface area contributed by atoms with Crippen molar-refractivity contribution in [1.82, 2.24) is 9.62 Å². The summed E-state index contributed by atoms with van der Waals surface area (Å²) in [5.41, 5.74) is 0.208. The number of benzene rings is 1. The lowest BCUT2D eigenvalue weighted by atomic mass is 10.1. The fourth-order valence-electron chi connectivity index (χ4n) is 2.87. The molecule has 2 rings (SSSR count). The standard InChI is InChI=1S/C20H30N2O5S/c1-15(2)16(3)21-19(23)14-27-20(24)17-8-10-18(11-9-17)28(25,26)22-12-6-4-5-7-13-22/h8-11,15-16H,4-7,12-14H2,1-3H3,(H,21,23)/t16-/m0/s1. The largest absolute Gasteiger partial charge is 0.452 e. The van der Waals surface area contributed by atoms with Crippen molar-refractivity contribution in [3.8, 4) is 0 Å². The lowest BCUT2D eigenvalue weighted by molar-refractivity contribution is -0.125. The maximum absolute atomic E-state index is 12.8. The second-order valence-electron chi connectivity index (χ2n) is 7.52. The molecule has 156 valence electrons. The van der Waals surface area contributed by atoms with Crippen molar-refractivity contribution in [2.45, 2.75) is 57.4 Å². The number of rotatable bonds is 7. The van der Waals surface area contributed by atoms with Crippen molar-refractivity contribution in [2.75, 3.05) is 19.7 Å². The highest BCUT2D eigenvalue weighted by molar-refractivity contribution is 7.89. The van der Waals surface area contributed by atoms with Crippen LogP contribution in [0.15, 0.2) is 29.2 Å². The highest BCUT2D eigenvalue weighted by atomic mass is 32.2. The molecular weight excluding hydrogens is 380 g/mol. The molecule has 28 heavy (non-hydrogen) atoms. The van der Waals surface area contributed by atoms with E-state index in [1.165, 1.54) is 28.6 Å². The SMILES string of the molecule is CC(C)[C@H](C)NC(=O)COC(=O)c1ccc(S(=O)(=O)N2CCCCCC2)cc1. The third-order valence-corrected chi connectivity index (χ3v) is 6.93. The molecule has 0 radical (unpaired) electrons. The van der Waals surface area contributed by atoms with Crippen molar-refractivity contribution < 1.29 is 22.7 Å². The van der Waals surface area contributed by atoms with Gasteiger partial charge >= 0.3 is 5.97 Å². The molecule has 1 fully saturated rings. The molecule has 0 spiro atoms. The fourth-order valence-corrected chi connectivity index (χ4v) is 4.39. The average molecular weight is 411 g/mol. The van der Waals surface area contributed by atoms with Crippen LogP contribution in [-0.2, 0) is 19.6 Å². The van der Waals surface area contributed by atoms with Gasteiger partial charge in [-0.3, -0.25) is 4.79 Å². The first-order chi connectivity index (χ1) is 13.2. The van der Waals surface area contributed by atoms with Gasteiger partial charge in [-0.2, -0.15) is 4.31 Å². The molecule has 1 heterocycles. The van der Waals surface area contributed by atoms with Crippen LogP contribution in [0.4, 0.5) is 0 Å². The van der Waals surface area contributed by atoms with Gasteiger partial charge in [-0.15, -0.1) is 0 Å². The van der Waals surface area contributed by atoms with Crippen LogP contribution < -0.4 is 5.32 Å². The molecule has 1 aliphatic rings. The molecule has 1 amide bonds. The zero-order chi connectivity index (χ0) is 20.7. The number of ether oxygens (including phenoxy) is 1. The van der Waals surface area contributed by atoms with Crippen LogP contribution in [0.5, 0.6) is 0 Å². The number of carbonyl (C=O) groups excluding carboxylic acids is 2. The van der Waals surface area contributed by atoms with Gasteiger partial charge in [0.05, 0.1) is 10.5 Å². The smallest absolute Gasteiger partial charge is 0.338 e. The van der Waals surface area contributed by atoms with Crippen molar-refractivity contribution in [3.05, 3.63) is 29.8 Å². The summed E-state index contributed by atoms with van der Waals surface area (Å²) in [6, 6.07) is 5.65. The summed E-state index contributed by atoms with van der Waals surface area (Å²) in [5, 5.41) is 2.76. The van der Waals surface area contributed by atoms with E-state index in [0.717, 1.165) is 25.7 Å². The first kappa shape index (κ1) is 22.4. The van der Waals surface area contributed by atoms with Crippen LogP contribution >= 0.6 is 0 Å². The molecular formula is C20H30N2O5S. The minimum Gasteiger partial charge on any atom is -0.452 e. The van der Waals surface area contributed by atoms with Crippen molar-refractivity contribution in [2.24, 2.45) is 5.92 Å². The summed E-state index contributed by atoms with van der Waals surface area (Å²) in [4.78, 5) is 24.1. The highest BCUT2D eigenvalue weighted by Crippen LogP contribution is 2.20. The molecule has 8 heteroatoms. The van der Waals surface area contributed by atoms with E-state index in [2.05, 4.69) is 5.32 Å². The van der Waals surface area contributed by atoms with E-state index in [-0.39, 0.29) is 34.9 Å². The summed E-state index contributed by atoms with van der Waals surface area (Å²) in [6.45, 7) is 6.53. The van der Waals surface area contributed by atoms with Crippen LogP contribution in [0.3, 0.4) is 0 Å². The number of carbonyl (C=O) groups is 2. The van der Waals surface area contributed by atoms with E-state index in [4.69, 9.17) is 4.74 Å². The van der Waals surface area contributed by atoms with E-state index >= 15 is 0 Å². The summed E-state index contributed by atoms with van der Waals surface area (Å²) >= 11 is 0. The van der Waals surface area contributed by atoms with Crippen LogP contribution in [0.1, 0.15) is 56.8 Å². The number of nitrogens with one attached hydrogen (secondary N) is 1. The average Bonchev–Trinajstić information content (AvgIpc) is 2.96. The molecule has 0 bridgehead atoms. The van der Waals surface area contributed by atoms with Crippen molar-refractivity contribution >= 4 is 21.9 Å². The van der Waals surface area contributed by atoms with Crippen molar-refractivity contribution in [1.29, 1.82) is 0 Å². The molecule has 1 aliphatic heterocycles. The van der Waals surface area contributed by atoms with E-state index in [0.29, 0.717) is 13.1 Å². The number of sulfonamides is 1. The highest BCUT2D eigenvalue weighted by Gasteiger charge is 2.25. The summed E-state index contributed by atoms with van der Waals surface area (Å²) in [6.07, 6.45) is 3.81. The monoisotopic (exact) mass is 410 g/mol. The van der Waals surface area contributed by atoms with Gasteiger partial charge in [-0.1, -0.05) is 26.7 Å². The number of esters is 1.